The summed E-state index contributed by atoms with van der Waals surface area (Å²) in [6, 6.07) is 13.8. The standard InChI is InChI=1S/C33H36NOS/c1-19-22-12-14-36-31(22)25(18-33(5,6)7)30-27(19)29-28-23(11-13-34(29)8)24-15-20(17-32(2,3)4)9-10-21(24)16-26(28)35-30/h9-16H,17-18H2,1-8H3/q+1. The summed E-state index contributed by atoms with van der Waals surface area (Å²) in [5.41, 5.74) is 6.98. The molecule has 0 atom stereocenters. The van der Waals surface area contributed by atoms with Gasteiger partial charge in [-0.15, -0.1) is 11.3 Å². The quantitative estimate of drug-likeness (QED) is 0.173. The van der Waals surface area contributed by atoms with Crippen LogP contribution in [0.1, 0.15) is 58.2 Å². The lowest BCUT2D eigenvalue weighted by Gasteiger charge is -2.27. The molecule has 0 saturated heterocycles. The Labute approximate surface area is 218 Å². The van der Waals surface area contributed by atoms with Crippen LogP contribution in [0.3, 0.4) is 0 Å². The van der Waals surface area contributed by atoms with Crippen molar-refractivity contribution in [1.82, 2.24) is 0 Å². The monoisotopic (exact) mass is 494 g/mol. The molecule has 3 aromatic carbocycles. The molecule has 184 valence electrons. The van der Waals surface area contributed by atoms with Crippen molar-refractivity contribution < 1.29 is 9.30 Å². The smallest absolute Gasteiger partial charge is 0.228 e. The van der Waals surface area contributed by atoms with Gasteiger partial charge in [0.15, 0.2) is 6.20 Å². The molecule has 0 fully saturated rings. The minimum absolute atomic E-state index is 0.157. The van der Waals surface area contributed by atoms with E-state index in [-0.39, 0.29) is 10.8 Å². The van der Waals surface area contributed by atoms with Gasteiger partial charge in [0.05, 0.1) is 10.9 Å². The minimum atomic E-state index is 0.157. The number of hydrogen-bond donors (Lipinski definition) is 0. The summed E-state index contributed by atoms with van der Waals surface area (Å²) >= 11 is 1.84. The molecular formula is C33H36NOS+. The molecule has 0 spiro atoms. The number of fused-ring (bicyclic) bond motifs is 5. The van der Waals surface area contributed by atoms with Crippen molar-refractivity contribution >= 4 is 43.0 Å². The van der Waals surface area contributed by atoms with Crippen LogP contribution in [0.4, 0.5) is 0 Å². The number of thiophene rings is 1. The molecule has 36 heavy (non-hydrogen) atoms. The Hall–Kier alpha value is -2.91. The van der Waals surface area contributed by atoms with Crippen molar-refractivity contribution in [2.45, 2.75) is 61.3 Å². The van der Waals surface area contributed by atoms with Gasteiger partial charge in [0.1, 0.15) is 18.5 Å². The summed E-state index contributed by atoms with van der Waals surface area (Å²) in [5.74, 6) is 2.03. The summed E-state index contributed by atoms with van der Waals surface area (Å²) in [6.07, 6.45) is 4.27. The Morgan fingerprint density at radius 2 is 1.61 bits per heavy atom. The first kappa shape index (κ1) is 23.5. The number of benzene rings is 3. The number of nitrogens with zero attached hydrogens (tertiary/aromatic N) is 1. The zero-order valence-corrected chi connectivity index (χ0v) is 23.6. The molecule has 0 amide bonds. The van der Waals surface area contributed by atoms with Gasteiger partial charge in [-0.2, -0.15) is 0 Å². The molecule has 0 N–H and O–H groups in total. The number of hydrogen-bond acceptors (Lipinski definition) is 2. The largest absolute Gasteiger partial charge is 0.455 e. The van der Waals surface area contributed by atoms with Crippen LogP contribution in [0, 0.1) is 17.8 Å². The van der Waals surface area contributed by atoms with Crippen molar-refractivity contribution in [1.29, 1.82) is 0 Å². The average Bonchev–Trinajstić information content (AvgIpc) is 3.27. The summed E-state index contributed by atoms with van der Waals surface area (Å²) < 4.78 is 10.6. The lowest BCUT2D eigenvalue weighted by atomic mass is 9.83. The molecule has 0 unspecified atom stereocenters. The van der Waals surface area contributed by atoms with E-state index in [2.05, 4.69) is 108 Å². The Morgan fingerprint density at radius 3 is 2.33 bits per heavy atom. The van der Waals surface area contributed by atoms with Gasteiger partial charge in [-0.25, -0.2) is 4.57 Å². The molecule has 0 radical (unpaired) electrons. The molecule has 2 nitrogen and oxygen atoms in total. The fourth-order valence-corrected chi connectivity index (χ4v) is 6.99. The maximum absolute atomic E-state index is 6.95. The van der Waals surface area contributed by atoms with E-state index in [0.29, 0.717) is 0 Å². The van der Waals surface area contributed by atoms with Crippen molar-refractivity contribution in [3.63, 3.8) is 0 Å². The first-order chi connectivity index (χ1) is 16.9. The number of pyridine rings is 1. The maximum atomic E-state index is 6.95. The van der Waals surface area contributed by atoms with Crippen LogP contribution in [0.5, 0.6) is 11.5 Å². The third kappa shape index (κ3) is 3.71. The Bertz CT molecular complexity index is 1690. The summed E-state index contributed by atoms with van der Waals surface area (Å²) in [5, 5.41) is 8.65. The first-order valence-electron chi connectivity index (χ1n) is 13.0. The maximum Gasteiger partial charge on any atom is 0.228 e. The molecular weight excluding hydrogens is 458 g/mol. The van der Waals surface area contributed by atoms with Crippen molar-refractivity contribution in [3.8, 4) is 22.8 Å². The Balaban J connectivity index is 1.71. The zero-order chi connectivity index (χ0) is 25.6. The second-order valence-electron chi connectivity index (χ2n) is 13.0. The molecule has 3 heteroatoms. The molecule has 0 aliphatic carbocycles. The van der Waals surface area contributed by atoms with Gasteiger partial charge in [-0.05, 0) is 75.4 Å². The SMILES string of the molecule is Cc1c2c(c(CC(C)(C)C)c3sccc13)Oc1cc3ccc(CC(C)(C)C)cc3c3cc[n+](C)c-2c13. The first-order valence-corrected chi connectivity index (χ1v) is 13.9. The lowest BCUT2D eigenvalue weighted by molar-refractivity contribution is -0.659. The Kier molecular flexibility index (Phi) is 5.08. The van der Waals surface area contributed by atoms with Gasteiger partial charge in [0, 0.05) is 21.7 Å². The zero-order valence-electron chi connectivity index (χ0n) is 22.8. The number of rotatable bonds is 2. The highest BCUT2D eigenvalue weighted by Gasteiger charge is 2.34. The highest BCUT2D eigenvalue weighted by atomic mass is 32.1. The van der Waals surface area contributed by atoms with E-state index in [1.54, 1.807) is 0 Å². The highest BCUT2D eigenvalue weighted by Crippen LogP contribution is 2.53. The van der Waals surface area contributed by atoms with Crippen LogP contribution >= 0.6 is 11.3 Å². The van der Waals surface area contributed by atoms with E-state index >= 15 is 0 Å². The molecule has 3 heterocycles. The van der Waals surface area contributed by atoms with E-state index in [0.717, 1.165) is 24.3 Å². The summed E-state index contributed by atoms with van der Waals surface area (Å²) in [7, 11) is 2.18. The average molecular weight is 495 g/mol. The van der Waals surface area contributed by atoms with E-state index in [4.69, 9.17) is 4.74 Å². The molecule has 6 rings (SSSR count). The van der Waals surface area contributed by atoms with Gasteiger partial charge in [0.2, 0.25) is 5.69 Å². The second-order valence-corrected chi connectivity index (χ2v) is 14.0. The third-order valence-electron chi connectivity index (χ3n) is 7.37. The van der Waals surface area contributed by atoms with E-state index < -0.39 is 0 Å². The summed E-state index contributed by atoms with van der Waals surface area (Å²) in [4.78, 5) is 0. The van der Waals surface area contributed by atoms with Crippen molar-refractivity contribution in [2.24, 2.45) is 17.9 Å². The molecule has 1 aliphatic heterocycles. The van der Waals surface area contributed by atoms with Gasteiger partial charge < -0.3 is 4.74 Å². The highest BCUT2D eigenvalue weighted by molar-refractivity contribution is 7.17. The normalized spacial score (nSPS) is 13.4. The minimum Gasteiger partial charge on any atom is -0.455 e. The fraction of sp³-hybridized carbons (Fsp3) is 0.364. The van der Waals surface area contributed by atoms with E-state index in [1.807, 2.05) is 11.3 Å². The van der Waals surface area contributed by atoms with Gasteiger partial charge >= 0.3 is 0 Å². The van der Waals surface area contributed by atoms with Crippen molar-refractivity contribution in [3.05, 3.63) is 64.7 Å². The number of aryl methyl sites for hydroxylation is 2. The van der Waals surface area contributed by atoms with Crippen LogP contribution in [0.25, 0.3) is 42.9 Å². The van der Waals surface area contributed by atoms with Crippen LogP contribution in [-0.4, -0.2) is 0 Å². The molecule has 1 aliphatic rings. The Morgan fingerprint density at radius 1 is 0.861 bits per heavy atom. The molecule has 0 bridgehead atoms. The number of aromatic nitrogens is 1. The topological polar surface area (TPSA) is 13.1 Å². The second kappa shape index (κ2) is 7.79. The molecule has 5 aromatic rings. The fourth-order valence-electron chi connectivity index (χ4n) is 6.00. The van der Waals surface area contributed by atoms with Crippen LogP contribution in [0.2, 0.25) is 0 Å². The van der Waals surface area contributed by atoms with Crippen LogP contribution in [-0.2, 0) is 19.9 Å². The van der Waals surface area contributed by atoms with Crippen LogP contribution < -0.4 is 9.30 Å². The lowest BCUT2D eigenvalue weighted by Crippen LogP contribution is -2.32. The molecule has 2 aromatic heterocycles. The van der Waals surface area contributed by atoms with Gasteiger partial charge in [0.25, 0.3) is 0 Å². The van der Waals surface area contributed by atoms with Gasteiger partial charge in [-0.3, -0.25) is 0 Å². The predicted octanol–water partition coefficient (Wildman–Crippen LogP) is 9.29. The predicted molar refractivity (Wildman–Crippen MR) is 155 cm³/mol. The third-order valence-corrected chi connectivity index (χ3v) is 8.35. The van der Waals surface area contributed by atoms with E-state index in [1.165, 1.54) is 59.6 Å². The summed E-state index contributed by atoms with van der Waals surface area (Å²) in [6.45, 7) is 16.1. The van der Waals surface area contributed by atoms with Gasteiger partial charge in [-0.1, -0.05) is 59.7 Å². The van der Waals surface area contributed by atoms with Crippen LogP contribution in [0.15, 0.2) is 48.0 Å². The number of ether oxygens (including phenoxy) is 1. The van der Waals surface area contributed by atoms with Crippen molar-refractivity contribution in [2.75, 3.05) is 0 Å². The molecule has 0 saturated carbocycles. The van der Waals surface area contributed by atoms with E-state index in [9.17, 15) is 0 Å².